The number of aliphatic hydroxyl groups excluding tert-OH is 1. The van der Waals surface area contributed by atoms with E-state index in [1.165, 1.54) is 5.19 Å². The molecule has 1 fully saturated rings. The molecule has 0 amide bonds. The maximum absolute atomic E-state index is 9.80. The number of rotatable bonds is 3. The molecule has 1 N–H and O–H groups in total. The lowest BCUT2D eigenvalue weighted by Gasteiger charge is -2.29. The zero-order valence-electron chi connectivity index (χ0n) is 10.0. The smallest absolute Gasteiger partial charge is 0.218 e. The molecular formula is C13H20O2Si. The molecule has 0 bridgehead atoms. The van der Waals surface area contributed by atoms with Gasteiger partial charge in [0.1, 0.15) is 0 Å². The van der Waals surface area contributed by atoms with Gasteiger partial charge in [-0.05, 0) is 37.5 Å². The highest BCUT2D eigenvalue weighted by Gasteiger charge is 2.34. The average Bonchev–Trinajstić information content (AvgIpc) is 2.65. The van der Waals surface area contributed by atoms with Gasteiger partial charge >= 0.3 is 0 Å². The topological polar surface area (TPSA) is 29.5 Å². The van der Waals surface area contributed by atoms with Crippen LogP contribution in [0, 0.1) is 0 Å². The van der Waals surface area contributed by atoms with Crippen LogP contribution in [-0.4, -0.2) is 25.6 Å². The monoisotopic (exact) mass is 236 g/mol. The molecule has 2 nitrogen and oxygen atoms in total. The number of hydrogen-bond acceptors (Lipinski definition) is 2. The van der Waals surface area contributed by atoms with Crippen molar-refractivity contribution in [1.29, 1.82) is 0 Å². The van der Waals surface area contributed by atoms with Crippen molar-refractivity contribution in [3.05, 3.63) is 30.3 Å². The van der Waals surface area contributed by atoms with Gasteiger partial charge in [0.05, 0.1) is 12.2 Å². The normalized spacial score (nSPS) is 25.9. The van der Waals surface area contributed by atoms with E-state index in [0.717, 1.165) is 19.3 Å². The van der Waals surface area contributed by atoms with Crippen LogP contribution in [0.15, 0.2) is 30.3 Å². The fraction of sp³-hybridized carbons (Fsp3) is 0.538. The molecule has 0 aromatic heterocycles. The largest absolute Gasteiger partial charge is 0.407 e. The molecule has 0 radical (unpaired) electrons. The molecule has 2 rings (SSSR count). The van der Waals surface area contributed by atoms with Gasteiger partial charge in [0.25, 0.3) is 0 Å². The Balaban J connectivity index is 2.08. The summed E-state index contributed by atoms with van der Waals surface area (Å²) in [5.41, 5.74) is 0. The van der Waals surface area contributed by atoms with Crippen molar-refractivity contribution < 1.29 is 9.53 Å². The minimum Gasteiger partial charge on any atom is -0.407 e. The van der Waals surface area contributed by atoms with Gasteiger partial charge in [-0.25, -0.2) is 0 Å². The second-order valence-electron chi connectivity index (χ2n) is 5.03. The first-order valence-corrected chi connectivity index (χ1v) is 8.92. The van der Waals surface area contributed by atoms with Gasteiger partial charge in [-0.2, -0.15) is 0 Å². The van der Waals surface area contributed by atoms with E-state index in [0.29, 0.717) is 0 Å². The quantitative estimate of drug-likeness (QED) is 0.814. The van der Waals surface area contributed by atoms with Gasteiger partial charge in [0.2, 0.25) is 8.32 Å². The highest BCUT2D eigenvalue weighted by molar-refractivity contribution is 6.84. The Kier molecular flexibility index (Phi) is 3.47. The summed E-state index contributed by atoms with van der Waals surface area (Å²) in [5, 5.41) is 11.1. The third-order valence-corrected chi connectivity index (χ3v) is 5.95. The fourth-order valence-corrected chi connectivity index (χ4v) is 4.49. The van der Waals surface area contributed by atoms with Crippen molar-refractivity contribution in [3.63, 3.8) is 0 Å². The zero-order valence-corrected chi connectivity index (χ0v) is 11.0. The molecule has 1 aromatic carbocycles. The van der Waals surface area contributed by atoms with Crippen molar-refractivity contribution in [2.75, 3.05) is 0 Å². The molecule has 0 unspecified atom stereocenters. The lowest BCUT2D eigenvalue weighted by molar-refractivity contribution is 0.0568. The molecule has 0 saturated heterocycles. The van der Waals surface area contributed by atoms with Gasteiger partial charge in [0.15, 0.2) is 0 Å². The second kappa shape index (κ2) is 4.70. The minimum atomic E-state index is -1.85. The summed E-state index contributed by atoms with van der Waals surface area (Å²) in [6.07, 6.45) is 2.79. The van der Waals surface area contributed by atoms with Gasteiger partial charge in [-0.3, -0.25) is 0 Å². The average molecular weight is 236 g/mol. The standard InChI is InChI=1S/C13H20O2Si/c1-16(2,11-7-4-3-5-8-11)15-13-10-6-9-12(13)14/h3-5,7-8,12-14H,6,9-10H2,1-2H3/t12-,13+/m1/s1. The van der Waals surface area contributed by atoms with Gasteiger partial charge in [-0.1, -0.05) is 30.3 Å². The van der Waals surface area contributed by atoms with Crippen molar-refractivity contribution in [1.82, 2.24) is 0 Å². The summed E-state index contributed by atoms with van der Waals surface area (Å²) < 4.78 is 6.19. The van der Waals surface area contributed by atoms with Crippen LogP contribution >= 0.6 is 0 Å². The first-order chi connectivity index (χ1) is 7.59. The van der Waals surface area contributed by atoms with Crippen LogP contribution in [-0.2, 0) is 4.43 Å². The first-order valence-electron chi connectivity index (χ1n) is 6.01. The summed E-state index contributed by atoms with van der Waals surface area (Å²) in [6.45, 7) is 4.40. The van der Waals surface area contributed by atoms with Crippen molar-refractivity contribution >= 4 is 13.5 Å². The van der Waals surface area contributed by atoms with Crippen LogP contribution < -0.4 is 5.19 Å². The summed E-state index contributed by atoms with van der Waals surface area (Å²) in [4.78, 5) is 0. The van der Waals surface area contributed by atoms with E-state index in [2.05, 4.69) is 37.4 Å². The van der Waals surface area contributed by atoms with Crippen molar-refractivity contribution in [2.45, 2.75) is 44.6 Å². The Morgan fingerprint density at radius 1 is 1.19 bits per heavy atom. The van der Waals surface area contributed by atoms with Crippen LogP contribution in [0.25, 0.3) is 0 Å². The van der Waals surface area contributed by atoms with Crippen LogP contribution in [0.5, 0.6) is 0 Å². The molecule has 1 aliphatic rings. The predicted octanol–water partition coefficient (Wildman–Crippen LogP) is 2.03. The number of hydrogen-bond donors (Lipinski definition) is 1. The van der Waals surface area contributed by atoms with Crippen molar-refractivity contribution in [2.24, 2.45) is 0 Å². The van der Waals surface area contributed by atoms with E-state index in [1.54, 1.807) is 0 Å². The molecule has 3 heteroatoms. The fourth-order valence-electron chi connectivity index (χ4n) is 2.33. The summed E-state index contributed by atoms with van der Waals surface area (Å²) >= 11 is 0. The van der Waals surface area contributed by atoms with Crippen LogP contribution in [0.3, 0.4) is 0 Å². The molecule has 1 aromatic rings. The first kappa shape index (κ1) is 11.8. The summed E-state index contributed by atoms with van der Waals surface area (Å²) in [6, 6.07) is 10.4. The van der Waals surface area contributed by atoms with Gasteiger partial charge < -0.3 is 9.53 Å². The van der Waals surface area contributed by atoms with E-state index in [9.17, 15) is 5.11 Å². The van der Waals surface area contributed by atoms with Crippen molar-refractivity contribution in [3.8, 4) is 0 Å². The number of aliphatic hydroxyl groups is 1. The maximum Gasteiger partial charge on any atom is 0.218 e. The molecule has 2 atom stereocenters. The molecule has 16 heavy (non-hydrogen) atoms. The molecule has 0 heterocycles. The Labute approximate surface area is 98.4 Å². The molecular weight excluding hydrogens is 216 g/mol. The van der Waals surface area contributed by atoms with Crippen LogP contribution in [0.4, 0.5) is 0 Å². The van der Waals surface area contributed by atoms with Crippen LogP contribution in [0.1, 0.15) is 19.3 Å². The summed E-state index contributed by atoms with van der Waals surface area (Å²) in [5.74, 6) is 0. The number of benzene rings is 1. The van der Waals surface area contributed by atoms with E-state index in [4.69, 9.17) is 4.43 Å². The van der Waals surface area contributed by atoms with Gasteiger partial charge in [-0.15, -0.1) is 0 Å². The Bertz CT molecular complexity index is 337. The minimum absolute atomic E-state index is 0.0573. The maximum atomic E-state index is 9.80. The molecule has 0 aliphatic heterocycles. The lowest BCUT2D eigenvalue weighted by Crippen LogP contribution is -2.48. The van der Waals surface area contributed by atoms with Gasteiger partial charge in [0, 0.05) is 0 Å². The third kappa shape index (κ3) is 2.54. The van der Waals surface area contributed by atoms with E-state index in [-0.39, 0.29) is 12.2 Å². The highest BCUT2D eigenvalue weighted by Crippen LogP contribution is 2.24. The van der Waals surface area contributed by atoms with Crippen LogP contribution in [0.2, 0.25) is 13.1 Å². The highest BCUT2D eigenvalue weighted by atomic mass is 28.4. The van der Waals surface area contributed by atoms with E-state index >= 15 is 0 Å². The molecule has 88 valence electrons. The lowest BCUT2D eigenvalue weighted by atomic mass is 10.3. The molecule has 1 saturated carbocycles. The molecule has 1 aliphatic carbocycles. The SMILES string of the molecule is C[Si](C)(O[C@H]1CCC[C@H]1O)c1ccccc1. The Morgan fingerprint density at radius 3 is 2.44 bits per heavy atom. The van der Waals surface area contributed by atoms with E-state index in [1.807, 2.05) is 6.07 Å². The molecule has 0 spiro atoms. The Morgan fingerprint density at radius 2 is 1.88 bits per heavy atom. The summed E-state index contributed by atoms with van der Waals surface area (Å²) in [7, 11) is -1.85. The second-order valence-corrected chi connectivity index (χ2v) is 8.86. The van der Waals surface area contributed by atoms with E-state index < -0.39 is 8.32 Å². The predicted molar refractivity (Wildman–Crippen MR) is 68.3 cm³/mol. The zero-order chi connectivity index (χ0) is 11.6. The third-order valence-electron chi connectivity index (χ3n) is 3.33. The Hall–Kier alpha value is -0.643.